The van der Waals surface area contributed by atoms with E-state index in [0.717, 1.165) is 38.3 Å². The third kappa shape index (κ3) is 3.32. The number of carbonyl (C=O) groups is 1. The molecule has 1 amide bonds. The largest absolute Gasteiger partial charge is 0.454 e. The van der Waals surface area contributed by atoms with Gasteiger partial charge in [0.15, 0.2) is 11.5 Å². The standard InChI is InChI=1S/C20H15N5O3S/c1-11(26)24-16-9-13(4-5-21-16)20-25-17(18(29-20)19-22-6-7-23-19)12-2-3-14-15(8-12)28-10-27-14/h2-9H,10H2,1H3,(H,22,23)(H,21,24,26). The van der Waals surface area contributed by atoms with Gasteiger partial charge in [-0.3, -0.25) is 4.79 Å². The number of imidazole rings is 1. The Bertz CT molecular complexity index is 1200. The Kier molecular flexibility index (Phi) is 4.21. The molecule has 0 radical (unpaired) electrons. The first-order chi connectivity index (χ1) is 14.2. The number of rotatable bonds is 4. The average molecular weight is 405 g/mol. The third-order valence-electron chi connectivity index (χ3n) is 4.30. The van der Waals surface area contributed by atoms with E-state index in [2.05, 4.69) is 20.3 Å². The third-order valence-corrected chi connectivity index (χ3v) is 5.41. The summed E-state index contributed by atoms with van der Waals surface area (Å²) in [7, 11) is 0. The predicted molar refractivity (Wildman–Crippen MR) is 109 cm³/mol. The number of thiazole rings is 1. The van der Waals surface area contributed by atoms with Gasteiger partial charge < -0.3 is 19.8 Å². The molecular weight excluding hydrogens is 390 g/mol. The zero-order chi connectivity index (χ0) is 19.8. The van der Waals surface area contributed by atoms with Crippen molar-refractivity contribution in [1.29, 1.82) is 0 Å². The van der Waals surface area contributed by atoms with Crippen LogP contribution in [-0.4, -0.2) is 32.6 Å². The molecule has 0 aliphatic carbocycles. The topological polar surface area (TPSA) is 102 Å². The summed E-state index contributed by atoms with van der Waals surface area (Å²) >= 11 is 1.51. The number of anilines is 1. The van der Waals surface area contributed by atoms with Gasteiger partial charge in [-0.1, -0.05) is 0 Å². The number of pyridine rings is 1. The van der Waals surface area contributed by atoms with Crippen molar-refractivity contribution in [2.24, 2.45) is 0 Å². The van der Waals surface area contributed by atoms with Crippen LogP contribution in [0.3, 0.4) is 0 Å². The Hall–Kier alpha value is -3.72. The van der Waals surface area contributed by atoms with Crippen molar-refractivity contribution in [1.82, 2.24) is 19.9 Å². The maximum absolute atomic E-state index is 11.4. The summed E-state index contributed by atoms with van der Waals surface area (Å²) in [4.78, 5) is 28.9. The Morgan fingerprint density at radius 2 is 2.00 bits per heavy atom. The van der Waals surface area contributed by atoms with Gasteiger partial charge >= 0.3 is 0 Å². The fourth-order valence-corrected chi connectivity index (χ4v) is 4.09. The number of nitrogens with one attached hydrogen (secondary N) is 2. The second kappa shape index (κ2) is 7.02. The van der Waals surface area contributed by atoms with Gasteiger partial charge in [0, 0.05) is 36.6 Å². The van der Waals surface area contributed by atoms with Crippen LogP contribution >= 0.6 is 11.3 Å². The summed E-state index contributed by atoms with van der Waals surface area (Å²) in [6.45, 7) is 1.67. The predicted octanol–water partition coefficient (Wildman–Crippen LogP) is 3.95. The number of benzene rings is 1. The lowest BCUT2D eigenvalue weighted by atomic mass is 10.1. The van der Waals surface area contributed by atoms with Crippen molar-refractivity contribution in [2.45, 2.75) is 6.92 Å². The van der Waals surface area contributed by atoms with E-state index in [1.807, 2.05) is 24.3 Å². The van der Waals surface area contributed by atoms with Crippen LogP contribution in [0.4, 0.5) is 5.82 Å². The molecule has 1 aromatic carbocycles. The van der Waals surface area contributed by atoms with Gasteiger partial charge in [-0.2, -0.15) is 0 Å². The van der Waals surface area contributed by atoms with E-state index in [4.69, 9.17) is 14.5 Å². The summed E-state index contributed by atoms with van der Waals surface area (Å²) in [6, 6.07) is 9.41. The van der Waals surface area contributed by atoms with Crippen molar-refractivity contribution >= 4 is 23.1 Å². The van der Waals surface area contributed by atoms with Gasteiger partial charge in [0.1, 0.15) is 16.6 Å². The highest BCUT2D eigenvalue weighted by Crippen LogP contribution is 2.42. The molecule has 0 fully saturated rings. The summed E-state index contributed by atoms with van der Waals surface area (Å²) in [5, 5.41) is 3.49. The monoisotopic (exact) mass is 405 g/mol. The minimum atomic E-state index is -0.175. The van der Waals surface area contributed by atoms with Gasteiger partial charge in [-0.15, -0.1) is 11.3 Å². The molecular formula is C20H15N5O3S. The van der Waals surface area contributed by atoms with Crippen LogP contribution in [0.1, 0.15) is 6.92 Å². The van der Waals surface area contributed by atoms with Crippen LogP contribution in [0.5, 0.6) is 11.5 Å². The van der Waals surface area contributed by atoms with Gasteiger partial charge in [0.2, 0.25) is 12.7 Å². The second-order valence-corrected chi connectivity index (χ2v) is 7.31. The Morgan fingerprint density at radius 1 is 1.10 bits per heavy atom. The van der Waals surface area contributed by atoms with Crippen molar-refractivity contribution in [2.75, 3.05) is 12.1 Å². The number of amides is 1. The molecule has 4 aromatic rings. The summed E-state index contributed by atoms with van der Waals surface area (Å²) in [6.07, 6.45) is 5.13. The number of fused-ring (bicyclic) bond motifs is 1. The zero-order valence-electron chi connectivity index (χ0n) is 15.3. The van der Waals surface area contributed by atoms with Crippen LogP contribution in [0.15, 0.2) is 48.9 Å². The number of hydrogen-bond donors (Lipinski definition) is 2. The lowest BCUT2D eigenvalue weighted by Gasteiger charge is -2.03. The number of nitrogens with zero attached hydrogens (tertiary/aromatic N) is 3. The van der Waals surface area contributed by atoms with E-state index in [0.29, 0.717) is 11.6 Å². The summed E-state index contributed by atoms with van der Waals surface area (Å²) < 4.78 is 10.9. The van der Waals surface area contributed by atoms with E-state index >= 15 is 0 Å². The number of H-pyrrole nitrogens is 1. The molecule has 3 aromatic heterocycles. The molecule has 4 heterocycles. The van der Waals surface area contributed by atoms with Crippen molar-refractivity contribution < 1.29 is 14.3 Å². The first-order valence-electron chi connectivity index (χ1n) is 8.82. The molecule has 0 saturated heterocycles. The lowest BCUT2D eigenvalue weighted by Crippen LogP contribution is -2.07. The van der Waals surface area contributed by atoms with Gasteiger partial charge in [-0.25, -0.2) is 15.0 Å². The minimum Gasteiger partial charge on any atom is -0.454 e. The molecule has 0 saturated carbocycles. The van der Waals surface area contributed by atoms with Crippen LogP contribution < -0.4 is 14.8 Å². The van der Waals surface area contributed by atoms with Crippen molar-refractivity contribution in [3.63, 3.8) is 0 Å². The maximum Gasteiger partial charge on any atom is 0.231 e. The highest BCUT2D eigenvalue weighted by Gasteiger charge is 2.21. The molecule has 9 heteroatoms. The zero-order valence-corrected chi connectivity index (χ0v) is 16.1. The highest BCUT2D eigenvalue weighted by molar-refractivity contribution is 7.18. The number of aromatic amines is 1. The maximum atomic E-state index is 11.4. The number of ether oxygens (including phenoxy) is 2. The van der Waals surface area contributed by atoms with Crippen LogP contribution in [0, 0.1) is 0 Å². The molecule has 0 spiro atoms. The molecule has 144 valence electrons. The second-order valence-electron chi connectivity index (χ2n) is 6.31. The Morgan fingerprint density at radius 3 is 2.83 bits per heavy atom. The molecule has 8 nitrogen and oxygen atoms in total. The normalized spacial score (nSPS) is 12.2. The molecule has 29 heavy (non-hydrogen) atoms. The van der Waals surface area contributed by atoms with Crippen molar-refractivity contribution in [3.8, 4) is 44.0 Å². The highest BCUT2D eigenvalue weighted by atomic mass is 32.1. The lowest BCUT2D eigenvalue weighted by molar-refractivity contribution is -0.114. The molecule has 5 rings (SSSR count). The van der Waals surface area contributed by atoms with E-state index in [-0.39, 0.29) is 12.7 Å². The average Bonchev–Trinajstić information content (AvgIpc) is 3.46. The SMILES string of the molecule is CC(=O)Nc1cc(-c2nc(-c3ccc4c(c3)OCO4)c(-c3ncc[nH]3)s2)ccn1. The molecule has 0 unspecified atom stereocenters. The van der Waals surface area contributed by atoms with E-state index < -0.39 is 0 Å². The fraction of sp³-hybridized carbons (Fsp3) is 0.100. The molecule has 2 N–H and O–H groups in total. The molecule has 0 atom stereocenters. The van der Waals surface area contributed by atoms with E-state index in [9.17, 15) is 4.79 Å². The molecule has 1 aliphatic heterocycles. The van der Waals surface area contributed by atoms with Crippen LogP contribution in [0.2, 0.25) is 0 Å². The number of hydrogen-bond acceptors (Lipinski definition) is 7. The quantitative estimate of drug-likeness (QED) is 0.533. The first-order valence-corrected chi connectivity index (χ1v) is 9.63. The van der Waals surface area contributed by atoms with Gasteiger partial charge in [-0.05, 0) is 30.3 Å². The van der Waals surface area contributed by atoms with Crippen LogP contribution in [-0.2, 0) is 4.79 Å². The van der Waals surface area contributed by atoms with E-state index in [1.165, 1.54) is 18.3 Å². The number of aromatic nitrogens is 4. The minimum absolute atomic E-state index is 0.175. The fourth-order valence-electron chi connectivity index (χ4n) is 3.05. The van der Waals surface area contributed by atoms with Crippen molar-refractivity contribution in [3.05, 3.63) is 48.9 Å². The smallest absolute Gasteiger partial charge is 0.231 e. The Labute approximate surface area is 169 Å². The van der Waals surface area contributed by atoms with Gasteiger partial charge in [0.05, 0.1) is 10.6 Å². The van der Waals surface area contributed by atoms with Crippen LogP contribution in [0.25, 0.3) is 32.5 Å². The summed E-state index contributed by atoms with van der Waals surface area (Å²) in [5.74, 6) is 2.45. The first kappa shape index (κ1) is 17.4. The van der Waals surface area contributed by atoms with E-state index in [1.54, 1.807) is 24.7 Å². The van der Waals surface area contributed by atoms with Gasteiger partial charge in [0.25, 0.3) is 0 Å². The number of carbonyl (C=O) groups excluding carboxylic acids is 1. The summed E-state index contributed by atoms with van der Waals surface area (Å²) in [5.41, 5.74) is 2.55. The molecule has 1 aliphatic rings. The Balaban J connectivity index is 1.62. The molecule has 0 bridgehead atoms.